The first-order valence-electron chi connectivity index (χ1n) is 3.51. The second kappa shape index (κ2) is 3.49. The zero-order valence-electron chi connectivity index (χ0n) is 5.76. The highest BCUT2D eigenvalue weighted by atomic mass is 16.6. The van der Waals surface area contributed by atoms with Crippen molar-refractivity contribution in [1.82, 2.24) is 0 Å². The Morgan fingerprint density at radius 3 is 3.00 bits per heavy atom. The SMILES string of the molecule is CCCO/N=[C]\C1CC1. The van der Waals surface area contributed by atoms with Crippen LogP contribution in [-0.2, 0) is 4.84 Å². The Balaban J connectivity index is 1.89. The molecule has 0 aromatic heterocycles. The van der Waals surface area contributed by atoms with Crippen molar-refractivity contribution >= 4 is 6.21 Å². The Kier molecular flexibility index (Phi) is 2.55. The molecule has 0 N–H and O–H groups in total. The summed E-state index contributed by atoms with van der Waals surface area (Å²) in [5.74, 6) is 0.613. The summed E-state index contributed by atoms with van der Waals surface area (Å²) in [6, 6.07) is 0. The van der Waals surface area contributed by atoms with Gasteiger partial charge < -0.3 is 4.84 Å². The summed E-state index contributed by atoms with van der Waals surface area (Å²) < 4.78 is 0. The van der Waals surface area contributed by atoms with Gasteiger partial charge in [0.05, 0.1) is 0 Å². The third kappa shape index (κ3) is 3.12. The van der Waals surface area contributed by atoms with Gasteiger partial charge in [0.25, 0.3) is 0 Å². The summed E-state index contributed by atoms with van der Waals surface area (Å²) >= 11 is 0. The van der Waals surface area contributed by atoms with E-state index in [0.717, 1.165) is 13.0 Å². The van der Waals surface area contributed by atoms with Crippen LogP contribution < -0.4 is 0 Å². The molecule has 0 amide bonds. The molecule has 9 heavy (non-hydrogen) atoms. The van der Waals surface area contributed by atoms with Gasteiger partial charge >= 0.3 is 0 Å². The van der Waals surface area contributed by atoms with E-state index in [-0.39, 0.29) is 0 Å². The fourth-order valence-corrected chi connectivity index (χ4v) is 0.461. The molecule has 0 spiro atoms. The van der Waals surface area contributed by atoms with Crippen molar-refractivity contribution in [3.63, 3.8) is 0 Å². The van der Waals surface area contributed by atoms with Crippen LogP contribution in [0.4, 0.5) is 0 Å². The van der Waals surface area contributed by atoms with Crippen LogP contribution in [0.15, 0.2) is 5.16 Å². The monoisotopic (exact) mass is 126 g/mol. The lowest BCUT2D eigenvalue weighted by Crippen LogP contribution is -1.85. The largest absolute Gasteiger partial charge is 0.396 e. The van der Waals surface area contributed by atoms with Crippen LogP contribution >= 0.6 is 0 Å². The Morgan fingerprint density at radius 2 is 2.44 bits per heavy atom. The lowest BCUT2D eigenvalue weighted by Gasteiger charge is -1.90. The van der Waals surface area contributed by atoms with E-state index in [0.29, 0.717) is 5.92 Å². The van der Waals surface area contributed by atoms with Gasteiger partial charge in [0, 0.05) is 5.92 Å². The summed E-state index contributed by atoms with van der Waals surface area (Å²) in [4.78, 5) is 4.85. The lowest BCUT2D eigenvalue weighted by molar-refractivity contribution is 0.146. The molecule has 1 radical (unpaired) electrons. The normalized spacial score (nSPS) is 18.8. The molecule has 1 rings (SSSR count). The molecule has 0 heterocycles. The van der Waals surface area contributed by atoms with Gasteiger partial charge in [-0.05, 0) is 19.3 Å². The van der Waals surface area contributed by atoms with Gasteiger partial charge in [-0.2, -0.15) is 0 Å². The molecule has 0 atom stereocenters. The van der Waals surface area contributed by atoms with Crippen LogP contribution in [0.25, 0.3) is 0 Å². The quantitative estimate of drug-likeness (QED) is 0.319. The van der Waals surface area contributed by atoms with E-state index in [2.05, 4.69) is 18.3 Å². The van der Waals surface area contributed by atoms with E-state index in [1.54, 1.807) is 0 Å². The predicted molar refractivity (Wildman–Crippen MR) is 36.4 cm³/mol. The standard InChI is InChI=1S/C7H12NO/c1-2-5-9-8-6-7-3-4-7/h7H,2-5H2,1H3. The zero-order chi connectivity index (χ0) is 6.53. The summed E-state index contributed by atoms with van der Waals surface area (Å²) in [6.07, 6.45) is 6.42. The van der Waals surface area contributed by atoms with Crippen LogP contribution in [0, 0.1) is 5.92 Å². The minimum absolute atomic E-state index is 0.613. The zero-order valence-corrected chi connectivity index (χ0v) is 5.76. The first-order chi connectivity index (χ1) is 4.43. The fourth-order valence-electron chi connectivity index (χ4n) is 0.461. The smallest absolute Gasteiger partial charge is 0.116 e. The van der Waals surface area contributed by atoms with Gasteiger partial charge in [-0.1, -0.05) is 12.1 Å². The Bertz CT molecular complexity index is 97.1. The van der Waals surface area contributed by atoms with Gasteiger partial charge in [-0.25, -0.2) is 0 Å². The van der Waals surface area contributed by atoms with E-state index in [1.807, 2.05) is 0 Å². The molecule has 1 fully saturated rings. The highest BCUT2D eigenvalue weighted by molar-refractivity contribution is 5.62. The van der Waals surface area contributed by atoms with Crippen molar-refractivity contribution in [3.8, 4) is 0 Å². The predicted octanol–water partition coefficient (Wildman–Crippen LogP) is 1.69. The molecule has 1 aliphatic carbocycles. The van der Waals surface area contributed by atoms with Crippen molar-refractivity contribution < 1.29 is 4.84 Å². The second-order valence-electron chi connectivity index (χ2n) is 2.33. The maximum atomic E-state index is 4.85. The molecule has 2 heteroatoms. The van der Waals surface area contributed by atoms with Gasteiger partial charge in [0.1, 0.15) is 12.8 Å². The maximum Gasteiger partial charge on any atom is 0.116 e. The van der Waals surface area contributed by atoms with Gasteiger partial charge in [-0.3, -0.25) is 0 Å². The van der Waals surface area contributed by atoms with Crippen LogP contribution in [-0.4, -0.2) is 12.8 Å². The third-order valence-corrected chi connectivity index (χ3v) is 1.17. The lowest BCUT2D eigenvalue weighted by atomic mass is 10.5. The van der Waals surface area contributed by atoms with E-state index >= 15 is 0 Å². The Labute approximate surface area is 55.9 Å². The average Bonchev–Trinajstić information content (AvgIpc) is 2.63. The Morgan fingerprint density at radius 1 is 1.67 bits per heavy atom. The van der Waals surface area contributed by atoms with Crippen molar-refractivity contribution in [2.75, 3.05) is 6.61 Å². The molecule has 0 bridgehead atoms. The molecular formula is C7H12NO. The minimum Gasteiger partial charge on any atom is -0.396 e. The van der Waals surface area contributed by atoms with E-state index in [1.165, 1.54) is 12.8 Å². The summed E-state index contributed by atoms with van der Waals surface area (Å²) in [5, 5.41) is 3.67. The Hall–Kier alpha value is -0.530. The number of nitrogens with zero attached hydrogens (tertiary/aromatic N) is 1. The highest BCUT2D eigenvalue weighted by Gasteiger charge is 2.19. The number of hydrogen-bond acceptors (Lipinski definition) is 2. The molecule has 1 aliphatic rings. The van der Waals surface area contributed by atoms with Crippen molar-refractivity contribution in [2.24, 2.45) is 11.1 Å². The topological polar surface area (TPSA) is 21.6 Å². The van der Waals surface area contributed by atoms with Crippen LogP contribution in [0.2, 0.25) is 0 Å². The molecule has 0 saturated heterocycles. The molecule has 0 unspecified atom stereocenters. The van der Waals surface area contributed by atoms with Crippen molar-refractivity contribution in [3.05, 3.63) is 0 Å². The van der Waals surface area contributed by atoms with Crippen LogP contribution in [0.1, 0.15) is 26.2 Å². The van der Waals surface area contributed by atoms with E-state index < -0.39 is 0 Å². The maximum absolute atomic E-state index is 4.85. The molecule has 0 aromatic carbocycles. The van der Waals surface area contributed by atoms with Gasteiger partial charge in [0.15, 0.2) is 0 Å². The summed E-state index contributed by atoms with van der Waals surface area (Å²) in [5.41, 5.74) is 0. The summed E-state index contributed by atoms with van der Waals surface area (Å²) in [6.45, 7) is 2.78. The minimum atomic E-state index is 0.613. The van der Waals surface area contributed by atoms with E-state index in [9.17, 15) is 0 Å². The number of rotatable bonds is 4. The molecule has 0 aliphatic heterocycles. The van der Waals surface area contributed by atoms with Crippen LogP contribution in [0.5, 0.6) is 0 Å². The average molecular weight is 126 g/mol. The first kappa shape index (κ1) is 6.59. The molecular weight excluding hydrogens is 114 g/mol. The fraction of sp³-hybridized carbons (Fsp3) is 0.857. The first-order valence-corrected chi connectivity index (χ1v) is 3.51. The molecule has 1 saturated carbocycles. The van der Waals surface area contributed by atoms with Crippen molar-refractivity contribution in [2.45, 2.75) is 26.2 Å². The summed E-state index contributed by atoms with van der Waals surface area (Å²) in [7, 11) is 0. The van der Waals surface area contributed by atoms with Crippen molar-refractivity contribution in [1.29, 1.82) is 0 Å². The van der Waals surface area contributed by atoms with Gasteiger partial charge in [-0.15, -0.1) is 0 Å². The molecule has 0 aromatic rings. The second-order valence-corrected chi connectivity index (χ2v) is 2.33. The van der Waals surface area contributed by atoms with Gasteiger partial charge in [0.2, 0.25) is 0 Å². The molecule has 51 valence electrons. The third-order valence-electron chi connectivity index (χ3n) is 1.17. The van der Waals surface area contributed by atoms with E-state index in [4.69, 9.17) is 4.84 Å². The molecule has 2 nitrogen and oxygen atoms in total. The van der Waals surface area contributed by atoms with Crippen LogP contribution in [0.3, 0.4) is 0 Å². The number of hydrogen-bond donors (Lipinski definition) is 0. The highest BCUT2D eigenvalue weighted by Crippen LogP contribution is 2.26.